The third-order valence-electron chi connectivity index (χ3n) is 3.40. The predicted molar refractivity (Wildman–Crippen MR) is 90.1 cm³/mol. The summed E-state index contributed by atoms with van der Waals surface area (Å²) in [4.78, 5) is 0.0958. The third-order valence-corrected chi connectivity index (χ3v) is 6.42. The molecule has 0 fully saturated rings. The van der Waals surface area contributed by atoms with Gasteiger partial charge in [-0.2, -0.15) is 0 Å². The lowest BCUT2D eigenvalue weighted by Gasteiger charge is -2.23. The summed E-state index contributed by atoms with van der Waals surface area (Å²) in [7, 11) is -3.65. The van der Waals surface area contributed by atoms with E-state index in [1.807, 2.05) is 6.92 Å². The van der Waals surface area contributed by atoms with E-state index >= 15 is 0 Å². The summed E-state index contributed by atoms with van der Waals surface area (Å²) in [5.74, 6) is 0.306. The first kappa shape index (κ1) is 17.9. The van der Waals surface area contributed by atoms with Crippen LogP contribution in [0.5, 0.6) is 0 Å². The van der Waals surface area contributed by atoms with Crippen molar-refractivity contribution in [3.05, 3.63) is 21.1 Å². The first-order chi connectivity index (χ1) is 9.22. The van der Waals surface area contributed by atoms with Crippen LogP contribution in [-0.2, 0) is 10.0 Å². The van der Waals surface area contributed by atoms with Gasteiger partial charge < -0.3 is 5.73 Å². The summed E-state index contributed by atoms with van der Waals surface area (Å²) >= 11 is 6.55. The highest BCUT2D eigenvalue weighted by atomic mass is 79.9. The van der Waals surface area contributed by atoms with Crippen molar-refractivity contribution in [3.63, 3.8) is 0 Å². The summed E-state index contributed by atoms with van der Waals surface area (Å²) in [5, 5.41) is 0. The Morgan fingerprint density at radius 3 is 2.25 bits per heavy atom. The fraction of sp³-hybridized carbons (Fsp3) is 0.538. The van der Waals surface area contributed by atoms with Crippen LogP contribution < -0.4 is 10.5 Å². The summed E-state index contributed by atoms with van der Waals surface area (Å²) in [6.45, 7) is 6.00. The highest BCUT2D eigenvalue weighted by molar-refractivity contribution is 9.11. The van der Waals surface area contributed by atoms with Gasteiger partial charge >= 0.3 is 0 Å². The Labute approximate surface area is 137 Å². The zero-order valence-electron chi connectivity index (χ0n) is 11.8. The van der Waals surface area contributed by atoms with Crippen LogP contribution in [0.15, 0.2) is 26.0 Å². The van der Waals surface area contributed by atoms with Crippen molar-refractivity contribution in [1.82, 2.24) is 4.72 Å². The Kier molecular flexibility index (Phi) is 6.50. The number of anilines is 1. The molecule has 0 saturated heterocycles. The maximum Gasteiger partial charge on any atom is 0.243 e. The number of nitrogen functional groups attached to an aromatic ring is 1. The van der Waals surface area contributed by atoms with Crippen molar-refractivity contribution < 1.29 is 8.42 Å². The second kappa shape index (κ2) is 7.24. The number of benzene rings is 1. The van der Waals surface area contributed by atoms with Crippen LogP contribution >= 0.6 is 31.9 Å². The van der Waals surface area contributed by atoms with Gasteiger partial charge in [0.25, 0.3) is 0 Å². The van der Waals surface area contributed by atoms with Crippen LogP contribution in [0.25, 0.3) is 0 Å². The van der Waals surface area contributed by atoms with Gasteiger partial charge in [-0.05, 0) is 40.9 Å². The zero-order chi connectivity index (χ0) is 15.5. The van der Waals surface area contributed by atoms with E-state index in [1.54, 1.807) is 12.1 Å². The van der Waals surface area contributed by atoms with Gasteiger partial charge in [0.2, 0.25) is 10.0 Å². The van der Waals surface area contributed by atoms with Crippen molar-refractivity contribution in [3.8, 4) is 0 Å². The van der Waals surface area contributed by atoms with Gasteiger partial charge in [-0.25, -0.2) is 13.1 Å². The number of hydrogen-bond donors (Lipinski definition) is 2. The largest absolute Gasteiger partial charge is 0.398 e. The predicted octanol–water partition coefficient (Wildman–Crippen LogP) is 3.90. The van der Waals surface area contributed by atoms with E-state index < -0.39 is 10.0 Å². The fourth-order valence-corrected chi connectivity index (χ4v) is 5.64. The molecule has 0 amide bonds. The van der Waals surface area contributed by atoms with E-state index in [0.717, 1.165) is 17.3 Å². The molecule has 1 aromatic carbocycles. The monoisotopic (exact) mass is 426 g/mol. The van der Waals surface area contributed by atoms with Crippen molar-refractivity contribution in [2.75, 3.05) is 5.73 Å². The molecule has 0 aliphatic carbocycles. The van der Waals surface area contributed by atoms with Gasteiger partial charge in [0.05, 0.1) is 5.69 Å². The number of sulfonamides is 1. The molecule has 0 radical (unpaired) electrons. The molecule has 114 valence electrons. The van der Waals surface area contributed by atoms with Gasteiger partial charge in [0.1, 0.15) is 4.90 Å². The quantitative estimate of drug-likeness (QED) is 0.676. The van der Waals surface area contributed by atoms with Crippen LogP contribution in [0.3, 0.4) is 0 Å². The topological polar surface area (TPSA) is 72.2 Å². The van der Waals surface area contributed by atoms with Crippen LogP contribution in [0.2, 0.25) is 0 Å². The molecule has 1 unspecified atom stereocenters. The van der Waals surface area contributed by atoms with Crippen molar-refractivity contribution in [2.24, 2.45) is 5.92 Å². The minimum Gasteiger partial charge on any atom is -0.398 e. The number of rotatable bonds is 6. The van der Waals surface area contributed by atoms with Gasteiger partial charge in [-0.15, -0.1) is 0 Å². The molecule has 0 saturated carbocycles. The standard InChI is InChI=1S/C13H20Br2N2O2S/c1-4-9(5-2)8(3)17-20(18,19)13-11(15)6-10(14)7-12(13)16/h6-9,17H,4-5,16H2,1-3H3. The molecule has 3 N–H and O–H groups in total. The second-order valence-electron chi connectivity index (χ2n) is 4.79. The average Bonchev–Trinajstić information content (AvgIpc) is 2.27. The van der Waals surface area contributed by atoms with E-state index in [9.17, 15) is 8.42 Å². The maximum atomic E-state index is 12.5. The molecule has 0 aromatic heterocycles. The van der Waals surface area contributed by atoms with Gasteiger partial charge in [0.15, 0.2) is 0 Å². The Hall–Kier alpha value is -0.110. The molecule has 1 atom stereocenters. The van der Waals surface area contributed by atoms with E-state index in [1.165, 1.54) is 0 Å². The highest BCUT2D eigenvalue weighted by Gasteiger charge is 2.26. The number of hydrogen-bond acceptors (Lipinski definition) is 3. The Morgan fingerprint density at radius 2 is 1.80 bits per heavy atom. The molecular weight excluding hydrogens is 408 g/mol. The molecule has 1 rings (SSSR count). The molecule has 0 aliphatic rings. The first-order valence-electron chi connectivity index (χ1n) is 6.49. The minimum absolute atomic E-state index is 0.0958. The van der Waals surface area contributed by atoms with Crippen molar-refractivity contribution in [1.29, 1.82) is 0 Å². The van der Waals surface area contributed by atoms with Crippen LogP contribution in [0, 0.1) is 5.92 Å². The van der Waals surface area contributed by atoms with Crippen LogP contribution in [-0.4, -0.2) is 14.5 Å². The summed E-state index contributed by atoms with van der Waals surface area (Å²) in [6, 6.07) is 3.12. The van der Waals surface area contributed by atoms with Crippen LogP contribution in [0.1, 0.15) is 33.6 Å². The maximum absolute atomic E-state index is 12.5. The third kappa shape index (κ3) is 4.19. The lowest BCUT2D eigenvalue weighted by atomic mass is 9.96. The lowest BCUT2D eigenvalue weighted by molar-refractivity contribution is 0.391. The van der Waals surface area contributed by atoms with Gasteiger partial charge in [0, 0.05) is 15.0 Å². The van der Waals surface area contributed by atoms with E-state index in [0.29, 0.717) is 10.4 Å². The minimum atomic E-state index is -3.65. The fourth-order valence-electron chi connectivity index (χ4n) is 2.26. The normalized spacial score (nSPS) is 13.7. The van der Waals surface area contributed by atoms with Crippen molar-refractivity contribution >= 4 is 47.6 Å². The molecule has 0 aliphatic heterocycles. The summed E-state index contributed by atoms with van der Waals surface area (Å²) in [6.07, 6.45) is 1.86. The zero-order valence-corrected chi connectivity index (χ0v) is 15.8. The Morgan fingerprint density at radius 1 is 1.25 bits per heavy atom. The number of nitrogens with one attached hydrogen (secondary N) is 1. The summed E-state index contributed by atoms with van der Waals surface area (Å²) < 4.78 is 28.9. The molecule has 0 bridgehead atoms. The smallest absolute Gasteiger partial charge is 0.243 e. The van der Waals surface area contributed by atoms with E-state index in [4.69, 9.17) is 5.73 Å². The molecule has 1 aromatic rings. The molecule has 4 nitrogen and oxygen atoms in total. The Balaban J connectivity index is 3.12. The van der Waals surface area contributed by atoms with Gasteiger partial charge in [-0.3, -0.25) is 0 Å². The van der Waals surface area contributed by atoms with E-state index in [-0.39, 0.29) is 16.6 Å². The van der Waals surface area contributed by atoms with Crippen molar-refractivity contribution in [2.45, 2.75) is 44.6 Å². The van der Waals surface area contributed by atoms with E-state index in [2.05, 4.69) is 50.4 Å². The number of nitrogens with two attached hydrogens (primary N) is 1. The first-order valence-corrected chi connectivity index (χ1v) is 9.56. The van der Waals surface area contributed by atoms with Gasteiger partial charge in [-0.1, -0.05) is 42.6 Å². The summed E-state index contributed by atoms with van der Waals surface area (Å²) in [5.41, 5.74) is 6.06. The average molecular weight is 428 g/mol. The molecule has 7 heteroatoms. The second-order valence-corrected chi connectivity index (χ2v) is 8.21. The molecule has 0 spiro atoms. The SMILES string of the molecule is CCC(CC)C(C)NS(=O)(=O)c1c(N)cc(Br)cc1Br. The molecular formula is C13H20Br2N2O2S. The molecule has 20 heavy (non-hydrogen) atoms. The highest BCUT2D eigenvalue weighted by Crippen LogP contribution is 2.32. The molecule has 0 heterocycles. The Bertz CT molecular complexity index is 549. The lowest BCUT2D eigenvalue weighted by Crippen LogP contribution is -2.38. The number of halogens is 2. The van der Waals surface area contributed by atoms with Crippen LogP contribution in [0.4, 0.5) is 5.69 Å².